The second-order valence-electron chi connectivity index (χ2n) is 7.27. The molecule has 2 heterocycles. The highest BCUT2D eigenvalue weighted by atomic mass is 19.4. The fourth-order valence-electron chi connectivity index (χ4n) is 3.57. The normalized spacial score (nSPS) is 16.9. The molecule has 1 atom stereocenters. The number of carbonyl (C=O) groups excluding carboxylic acids is 1. The van der Waals surface area contributed by atoms with E-state index in [1.54, 1.807) is 17.4 Å². The molecule has 3 aromatic rings. The molecule has 0 saturated carbocycles. The Balaban J connectivity index is 1.50. The third-order valence-electron chi connectivity index (χ3n) is 5.06. The van der Waals surface area contributed by atoms with Crippen molar-refractivity contribution < 1.29 is 22.7 Å². The van der Waals surface area contributed by atoms with Crippen LogP contribution in [0, 0.1) is 0 Å². The number of nitrogens with one attached hydrogen (secondary N) is 2. The molecule has 0 fully saturated rings. The van der Waals surface area contributed by atoms with Crippen molar-refractivity contribution in [1.82, 2.24) is 20.4 Å². The maximum atomic E-state index is 12.8. The van der Waals surface area contributed by atoms with Gasteiger partial charge in [0.2, 0.25) is 5.91 Å². The van der Waals surface area contributed by atoms with E-state index in [4.69, 9.17) is 4.74 Å². The molecule has 162 valence electrons. The van der Waals surface area contributed by atoms with E-state index in [1.165, 1.54) is 12.1 Å². The van der Waals surface area contributed by atoms with Gasteiger partial charge in [0.05, 0.1) is 18.5 Å². The Kier molecular flexibility index (Phi) is 5.94. The van der Waals surface area contributed by atoms with E-state index < -0.39 is 17.8 Å². The van der Waals surface area contributed by atoms with Gasteiger partial charge in [-0.05, 0) is 41.8 Å². The van der Waals surface area contributed by atoms with Crippen LogP contribution in [0.2, 0.25) is 0 Å². The lowest BCUT2D eigenvalue weighted by molar-refractivity contribution is -0.137. The minimum atomic E-state index is -4.40. The van der Waals surface area contributed by atoms with Crippen LogP contribution in [-0.4, -0.2) is 34.0 Å². The van der Waals surface area contributed by atoms with Crippen molar-refractivity contribution in [3.63, 3.8) is 0 Å². The molecular formula is C22H21F3N4O2. The Morgan fingerprint density at radius 1 is 1.19 bits per heavy atom. The average Bonchev–Trinajstić information content (AvgIpc) is 3.18. The van der Waals surface area contributed by atoms with E-state index in [9.17, 15) is 18.0 Å². The molecule has 1 unspecified atom stereocenters. The second kappa shape index (κ2) is 8.81. The van der Waals surface area contributed by atoms with Gasteiger partial charge in [-0.15, -0.1) is 0 Å². The first-order chi connectivity index (χ1) is 14.9. The Morgan fingerprint density at radius 2 is 1.97 bits per heavy atom. The minimum absolute atomic E-state index is 0.112. The molecule has 0 saturated heterocycles. The SMILES string of the molecule is O=C(Cc1ncc[nH]1)NN1CCc2ccccc2C(Oc2ccc(C(F)(F)F)cc2)C1. The van der Waals surface area contributed by atoms with Gasteiger partial charge in [0.25, 0.3) is 0 Å². The first-order valence-electron chi connectivity index (χ1n) is 9.83. The average molecular weight is 430 g/mol. The molecule has 0 bridgehead atoms. The van der Waals surface area contributed by atoms with Gasteiger partial charge >= 0.3 is 6.18 Å². The molecular weight excluding hydrogens is 409 g/mol. The highest BCUT2D eigenvalue weighted by Gasteiger charge is 2.30. The van der Waals surface area contributed by atoms with Crippen molar-refractivity contribution in [2.45, 2.75) is 25.1 Å². The van der Waals surface area contributed by atoms with Gasteiger partial charge in [0.1, 0.15) is 17.7 Å². The highest BCUT2D eigenvalue weighted by molar-refractivity contribution is 5.77. The molecule has 2 N–H and O–H groups in total. The van der Waals surface area contributed by atoms with Crippen molar-refractivity contribution in [3.05, 3.63) is 83.4 Å². The summed E-state index contributed by atoms with van der Waals surface area (Å²) in [5, 5.41) is 1.78. The van der Waals surface area contributed by atoms with Crippen LogP contribution < -0.4 is 10.2 Å². The topological polar surface area (TPSA) is 70.2 Å². The first kappa shape index (κ1) is 20.9. The summed E-state index contributed by atoms with van der Waals surface area (Å²) in [5.41, 5.74) is 4.17. The number of aromatic amines is 1. The number of alkyl halides is 3. The van der Waals surface area contributed by atoms with E-state index in [2.05, 4.69) is 15.4 Å². The van der Waals surface area contributed by atoms with Crippen LogP contribution in [0.1, 0.15) is 28.6 Å². The number of hydrogen-bond acceptors (Lipinski definition) is 4. The summed E-state index contributed by atoms with van der Waals surface area (Å²) in [4.78, 5) is 19.3. The molecule has 1 amide bonds. The Hall–Kier alpha value is -3.33. The fourth-order valence-corrected chi connectivity index (χ4v) is 3.57. The van der Waals surface area contributed by atoms with E-state index in [1.807, 2.05) is 24.3 Å². The predicted octanol–water partition coefficient (Wildman–Crippen LogP) is 3.68. The Bertz CT molecular complexity index is 1020. The molecule has 1 aliphatic heterocycles. The number of ether oxygens (including phenoxy) is 1. The quantitative estimate of drug-likeness (QED) is 0.648. The molecule has 9 heteroatoms. The number of H-pyrrole nitrogens is 1. The highest BCUT2D eigenvalue weighted by Crippen LogP contribution is 2.32. The van der Waals surface area contributed by atoms with Gasteiger partial charge in [0, 0.05) is 18.9 Å². The fraction of sp³-hybridized carbons (Fsp3) is 0.273. The van der Waals surface area contributed by atoms with Crippen molar-refractivity contribution in [3.8, 4) is 5.75 Å². The van der Waals surface area contributed by atoms with Gasteiger partial charge in [-0.3, -0.25) is 10.2 Å². The molecule has 31 heavy (non-hydrogen) atoms. The number of rotatable bonds is 5. The number of hydrazine groups is 1. The smallest absolute Gasteiger partial charge is 0.416 e. The number of hydrogen-bond donors (Lipinski definition) is 2. The summed E-state index contributed by atoms with van der Waals surface area (Å²) in [6.07, 6.45) is -0.814. The lowest BCUT2D eigenvalue weighted by Gasteiger charge is -2.26. The maximum absolute atomic E-state index is 12.8. The Morgan fingerprint density at radius 3 is 2.68 bits per heavy atom. The number of halogens is 3. The molecule has 0 radical (unpaired) electrons. The van der Waals surface area contributed by atoms with Crippen molar-refractivity contribution in [1.29, 1.82) is 0 Å². The van der Waals surface area contributed by atoms with Crippen LogP contribution in [0.15, 0.2) is 60.9 Å². The van der Waals surface area contributed by atoms with Crippen LogP contribution >= 0.6 is 0 Å². The van der Waals surface area contributed by atoms with Crippen molar-refractivity contribution >= 4 is 5.91 Å². The number of amides is 1. The summed E-state index contributed by atoms with van der Waals surface area (Å²) in [6, 6.07) is 12.4. The molecule has 6 nitrogen and oxygen atoms in total. The monoisotopic (exact) mass is 430 g/mol. The Labute approximate surface area is 177 Å². The summed E-state index contributed by atoms with van der Waals surface area (Å²) < 4.78 is 44.6. The number of imidazole rings is 1. The lowest BCUT2D eigenvalue weighted by atomic mass is 10.0. The van der Waals surface area contributed by atoms with Crippen LogP contribution in [0.4, 0.5) is 13.2 Å². The molecule has 2 aromatic carbocycles. The van der Waals surface area contributed by atoms with Gasteiger partial charge < -0.3 is 9.72 Å². The number of carbonyl (C=O) groups is 1. The van der Waals surface area contributed by atoms with E-state index in [-0.39, 0.29) is 12.3 Å². The number of nitrogens with zero attached hydrogens (tertiary/aromatic N) is 2. The zero-order valence-electron chi connectivity index (χ0n) is 16.5. The van der Waals surface area contributed by atoms with Crippen LogP contribution in [0.3, 0.4) is 0 Å². The van der Waals surface area contributed by atoms with Gasteiger partial charge in [-0.2, -0.15) is 13.2 Å². The van der Waals surface area contributed by atoms with Crippen molar-refractivity contribution in [2.75, 3.05) is 13.1 Å². The number of fused-ring (bicyclic) bond motifs is 1. The van der Waals surface area contributed by atoms with E-state index in [0.29, 0.717) is 31.1 Å². The molecule has 1 aliphatic rings. The van der Waals surface area contributed by atoms with Crippen LogP contribution in [0.5, 0.6) is 5.75 Å². The van der Waals surface area contributed by atoms with Crippen molar-refractivity contribution in [2.24, 2.45) is 0 Å². The summed E-state index contributed by atoms with van der Waals surface area (Å²) in [5.74, 6) is 0.680. The second-order valence-corrected chi connectivity index (χ2v) is 7.27. The van der Waals surface area contributed by atoms with Gasteiger partial charge in [-0.1, -0.05) is 24.3 Å². The largest absolute Gasteiger partial charge is 0.484 e. The summed E-state index contributed by atoms with van der Waals surface area (Å²) >= 11 is 0. The van der Waals surface area contributed by atoms with Gasteiger partial charge in [-0.25, -0.2) is 9.99 Å². The van der Waals surface area contributed by atoms with E-state index >= 15 is 0 Å². The molecule has 4 rings (SSSR count). The first-order valence-corrected chi connectivity index (χ1v) is 9.83. The third-order valence-corrected chi connectivity index (χ3v) is 5.06. The zero-order valence-corrected chi connectivity index (χ0v) is 16.5. The van der Waals surface area contributed by atoms with Gasteiger partial charge in [0.15, 0.2) is 0 Å². The number of aromatic nitrogens is 2. The zero-order chi connectivity index (χ0) is 21.8. The minimum Gasteiger partial charge on any atom is -0.484 e. The molecule has 0 spiro atoms. The summed E-state index contributed by atoms with van der Waals surface area (Å²) in [7, 11) is 0. The third kappa shape index (κ3) is 5.24. The predicted molar refractivity (Wildman–Crippen MR) is 107 cm³/mol. The number of benzene rings is 2. The standard InChI is InChI=1S/C22H21F3N4O2/c23-22(24,25)16-5-7-17(8-6-16)31-19-14-29(12-9-15-3-1-2-4-18(15)19)28-21(30)13-20-26-10-11-27-20/h1-8,10-11,19H,9,12-14H2,(H,26,27)(H,28,30). The maximum Gasteiger partial charge on any atom is 0.416 e. The van der Waals surface area contributed by atoms with Crippen LogP contribution in [-0.2, 0) is 23.8 Å². The lowest BCUT2D eigenvalue weighted by Crippen LogP contribution is -2.45. The molecule has 0 aliphatic carbocycles. The summed E-state index contributed by atoms with van der Waals surface area (Å²) in [6.45, 7) is 0.926. The molecule has 1 aromatic heterocycles. The van der Waals surface area contributed by atoms with E-state index in [0.717, 1.165) is 23.3 Å². The van der Waals surface area contributed by atoms with Crippen LogP contribution in [0.25, 0.3) is 0 Å².